The number of non-ortho nitro benzene ring substituents is 1. The molecule has 8 nitrogen and oxygen atoms in total. The van der Waals surface area contributed by atoms with Crippen molar-refractivity contribution >= 4 is 17.7 Å². The van der Waals surface area contributed by atoms with Crippen LogP contribution in [0.2, 0.25) is 0 Å². The lowest BCUT2D eigenvalue weighted by atomic mass is 9.93. The fraction of sp³-hybridized carbons (Fsp3) is 0.360. The van der Waals surface area contributed by atoms with Gasteiger partial charge in [-0.25, -0.2) is 9.79 Å². The molecule has 0 N–H and O–H groups in total. The first kappa shape index (κ1) is 24.0. The lowest BCUT2D eigenvalue weighted by molar-refractivity contribution is -0.384. The number of allylic oxidation sites excluding steroid dienone is 1. The van der Waals surface area contributed by atoms with Crippen LogP contribution in [0.5, 0.6) is 0 Å². The molecule has 0 amide bonds. The molecule has 0 spiro atoms. The zero-order valence-corrected chi connectivity index (χ0v) is 19.4. The van der Waals surface area contributed by atoms with Gasteiger partial charge in [0.2, 0.25) is 0 Å². The van der Waals surface area contributed by atoms with E-state index < -0.39 is 16.9 Å². The van der Waals surface area contributed by atoms with Gasteiger partial charge in [0.1, 0.15) is 0 Å². The maximum absolute atomic E-state index is 13.1. The van der Waals surface area contributed by atoms with Crippen LogP contribution in [0.1, 0.15) is 44.4 Å². The van der Waals surface area contributed by atoms with Crippen LogP contribution < -0.4 is 0 Å². The second-order valence-electron chi connectivity index (χ2n) is 8.09. The first-order valence-electron chi connectivity index (χ1n) is 10.9. The van der Waals surface area contributed by atoms with Gasteiger partial charge < -0.3 is 14.4 Å². The fourth-order valence-electron chi connectivity index (χ4n) is 3.91. The second kappa shape index (κ2) is 10.8. The highest BCUT2D eigenvalue weighted by atomic mass is 16.6. The fourth-order valence-corrected chi connectivity index (χ4v) is 3.91. The molecule has 1 heterocycles. The third-order valence-corrected chi connectivity index (χ3v) is 5.33. The molecule has 1 unspecified atom stereocenters. The van der Waals surface area contributed by atoms with Crippen molar-refractivity contribution in [3.8, 4) is 0 Å². The summed E-state index contributed by atoms with van der Waals surface area (Å²) in [7, 11) is 1.53. The predicted molar refractivity (Wildman–Crippen MR) is 126 cm³/mol. The minimum Gasteiger partial charge on any atom is -0.468 e. The molecule has 2 aromatic carbocycles. The lowest BCUT2D eigenvalue weighted by Crippen LogP contribution is -2.42. The molecule has 0 saturated carbocycles. The van der Waals surface area contributed by atoms with E-state index in [9.17, 15) is 14.9 Å². The van der Waals surface area contributed by atoms with Gasteiger partial charge in [0.05, 0.1) is 35.4 Å². The zero-order valence-electron chi connectivity index (χ0n) is 19.4. The minimum absolute atomic E-state index is 0.0487. The number of nitro benzene ring substituents is 1. The highest BCUT2D eigenvalue weighted by Crippen LogP contribution is 2.37. The van der Waals surface area contributed by atoms with Gasteiger partial charge in [-0.2, -0.15) is 0 Å². The van der Waals surface area contributed by atoms with Crippen LogP contribution in [-0.2, 0) is 20.7 Å². The number of ether oxygens (including phenoxy) is 2. The van der Waals surface area contributed by atoms with Crippen LogP contribution in [0.15, 0.2) is 70.9 Å². The summed E-state index contributed by atoms with van der Waals surface area (Å²) >= 11 is 0. The van der Waals surface area contributed by atoms with Crippen LogP contribution in [-0.4, -0.2) is 41.6 Å². The maximum atomic E-state index is 13.1. The summed E-state index contributed by atoms with van der Waals surface area (Å²) in [5.74, 6) is -0.494. The molecule has 33 heavy (non-hydrogen) atoms. The molecule has 0 radical (unpaired) electrons. The topological polar surface area (TPSA) is 94.3 Å². The summed E-state index contributed by atoms with van der Waals surface area (Å²) in [4.78, 5) is 30.5. The van der Waals surface area contributed by atoms with E-state index in [0.29, 0.717) is 29.4 Å². The molecule has 0 bridgehead atoms. The monoisotopic (exact) mass is 451 g/mol. The summed E-state index contributed by atoms with van der Waals surface area (Å²) < 4.78 is 11.1. The second-order valence-corrected chi connectivity index (χ2v) is 8.09. The minimum atomic E-state index is -0.626. The van der Waals surface area contributed by atoms with E-state index in [4.69, 9.17) is 9.47 Å². The van der Waals surface area contributed by atoms with E-state index >= 15 is 0 Å². The maximum Gasteiger partial charge on any atom is 0.338 e. The summed E-state index contributed by atoms with van der Waals surface area (Å²) in [6.07, 6.45) is 1.27. The highest BCUT2D eigenvalue weighted by molar-refractivity contribution is 5.94. The summed E-state index contributed by atoms with van der Waals surface area (Å²) in [6, 6.07) is 16.1. The number of carbonyl (C=O) groups excluding carboxylic acids is 1. The SMILES string of the molecule is COC1=NC(C)=C(C(=O)OC(C)C)C(c2cccc([N+](=O)[O-])c2)N1CCCc1ccccc1. The molecule has 2 aromatic rings. The summed E-state index contributed by atoms with van der Waals surface area (Å²) in [5.41, 5.74) is 2.57. The van der Waals surface area contributed by atoms with E-state index in [1.807, 2.05) is 23.1 Å². The molecule has 0 aliphatic carbocycles. The average Bonchev–Trinajstić information content (AvgIpc) is 2.79. The molecule has 174 valence electrons. The molecule has 0 saturated heterocycles. The number of methoxy groups -OCH3 is 1. The Labute approximate surface area is 193 Å². The van der Waals surface area contributed by atoms with Crippen LogP contribution in [0, 0.1) is 10.1 Å². The number of benzene rings is 2. The first-order valence-corrected chi connectivity index (χ1v) is 10.9. The quantitative estimate of drug-likeness (QED) is 0.325. The van der Waals surface area contributed by atoms with Crippen LogP contribution in [0.4, 0.5) is 5.69 Å². The Morgan fingerprint density at radius 2 is 1.91 bits per heavy atom. The van der Waals surface area contributed by atoms with Gasteiger partial charge in [0.15, 0.2) is 0 Å². The lowest BCUT2D eigenvalue weighted by Gasteiger charge is -2.37. The Balaban J connectivity index is 2.01. The number of nitro groups is 1. The molecule has 8 heteroatoms. The predicted octanol–water partition coefficient (Wildman–Crippen LogP) is 4.81. The van der Waals surface area contributed by atoms with Crippen molar-refractivity contribution in [1.29, 1.82) is 0 Å². The molecular weight excluding hydrogens is 422 g/mol. The molecule has 1 aliphatic rings. The number of esters is 1. The van der Waals surface area contributed by atoms with Crippen LogP contribution >= 0.6 is 0 Å². The molecule has 0 fully saturated rings. The Bertz CT molecular complexity index is 1060. The van der Waals surface area contributed by atoms with Gasteiger partial charge in [-0.1, -0.05) is 42.5 Å². The van der Waals surface area contributed by atoms with E-state index in [2.05, 4.69) is 17.1 Å². The van der Waals surface area contributed by atoms with E-state index in [1.165, 1.54) is 24.8 Å². The third kappa shape index (κ3) is 5.77. The first-order chi connectivity index (χ1) is 15.8. The number of aryl methyl sites for hydroxylation is 1. The Kier molecular flexibility index (Phi) is 7.82. The molecule has 1 aliphatic heterocycles. The van der Waals surface area contributed by atoms with Crippen molar-refractivity contribution in [3.63, 3.8) is 0 Å². The van der Waals surface area contributed by atoms with Crippen molar-refractivity contribution in [2.75, 3.05) is 13.7 Å². The average molecular weight is 452 g/mol. The number of rotatable bonds is 8. The Morgan fingerprint density at radius 3 is 2.55 bits per heavy atom. The highest BCUT2D eigenvalue weighted by Gasteiger charge is 2.38. The van der Waals surface area contributed by atoms with E-state index in [0.717, 1.165) is 12.8 Å². The van der Waals surface area contributed by atoms with Gasteiger partial charge in [-0.05, 0) is 44.7 Å². The Morgan fingerprint density at radius 1 is 1.18 bits per heavy atom. The van der Waals surface area contributed by atoms with E-state index in [1.54, 1.807) is 32.9 Å². The molecule has 3 rings (SSSR count). The smallest absolute Gasteiger partial charge is 0.338 e. The number of amidine groups is 1. The van der Waals surface area contributed by atoms with Gasteiger partial charge in [0.25, 0.3) is 11.7 Å². The number of nitrogens with zero attached hydrogens (tertiary/aromatic N) is 3. The van der Waals surface area contributed by atoms with E-state index in [-0.39, 0.29) is 11.8 Å². The van der Waals surface area contributed by atoms with Crippen molar-refractivity contribution in [2.24, 2.45) is 4.99 Å². The van der Waals surface area contributed by atoms with Crippen molar-refractivity contribution < 1.29 is 19.2 Å². The van der Waals surface area contributed by atoms with Gasteiger partial charge in [0, 0.05) is 18.7 Å². The third-order valence-electron chi connectivity index (χ3n) is 5.33. The largest absolute Gasteiger partial charge is 0.468 e. The number of aliphatic imine (C=N–C) groups is 1. The molecule has 1 atom stereocenters. The van der Waals surface area contributed by atoms with Crippen molar-refractivity contribution in [3.05, 3.63) is 87.1 Å². The van der Waals surface area contributed by atoms with Crippen LogP contribution in [0.25, 0.3) is 0 Å². The Hall–Kier alpha value is -3.68. The number of hydrogen-bond donors (Lipinski definition) is 0. The molecular formula is C25H29N3O5. The molecule has 0 aromatic heterocycles. The number of hydrogen-bond acceptors (Lipinski definition) is 7. The van der Waals surface area contributed by atoms with Gasteiger partial charge in [-0.15, -0.1) is 0 Å². The summed E-state index contributed by atoms with van der Waals surface area (Å²) in [6.45, 7) is 5.81. The van der Waals surface area contributed by atoms with Gasteiger partial charge in [-0.3, -0.25) is 10.1 Å². The number of carbonyl (C=O) groups is 1. The normalized spacial score (nSPS) is 16.0. The zero-order chi connectivity index (χ0) is 24.0. The summed E-state index contributed by atoms with van der Waals surface area (Å²) in [5, 5.41) is 11.4. The van der Waals surface area contributed by atoms with Crippen molar-refractivity contribution in [1.82, 2.24) is 4.90 Å². The van der Waals surface area contributed by atoms with Gasteiger partial charge >= 0.3 is 5.97 Å². The van der Waals surface area contributed by atoms with Crippen LogP contribution in [0.3, 0.4) is 0 Å². The standard InChI is InChI=1S/C25H29N3O5/c1-17(2)33-24(29)22-18(3)26-25(32-4)27(15-9-12-19-10-6-5-7-11-19)23(22)20-13-8-14-21(16-20)28(30)31/h5-8,10-11,13-14,16-17,23H,9,12,15H2,1-4H3. The van der Waals surface area contributed by atoms with Crippen molar-refractivity contribution in [2.45, 2.75) is 45.8 Å².